The Labute approximate surface area is 121 Å². The molecule has 1 unspecified atom stereocenters. The van der Waals surface area contributed by atoms with Crippen LogP contribution in [0.15, 0.2) is 16.8 Å². The summed E-state index contributed by atoms with van der Waals surface area (Å²) >= 11 is 1.79. The molecule has 3 heteroatoms. The van der Waals surface area contributed by atoms with Crippen molar-refractivity contribution in [3.05, 3.63) is 22.4 Å². The second-order valence-electron chi connectivity index (χ2n) is 5.49. The van der Waals surface area contributed by atoms with Gasteiger partial charge >= 0.3 is 0 Å². The van der Waals surface area contributed by atoms with Crippen LogP contribution in [0, 0.1) is 0 Å². The third-order valence-corrected chi connectivity index (χ3v) is 5.00. The monoisotopic (exact) mass is 281 g/mol. The average molecular weight is 281 g/mol. The van der Waals surface area contributed by atoms with Crippen molar-refractivity contribution < 1.29 is 4.74 Å². The third kappa shape index (κ3) is 3.80. The van der Waals surface area contributed by atoms with Crippen molar-refractivity contribution in [2.24, 2.45) is 0 Å². The first-order chi connectivity index (χ1) is 9.30. The zero-order valence-corrected chi connectivity index (χ0v) is 13.1. The number of nitrogens with one attached hydrogen (secondary N) is 1. The van der Waals surface area contributed by atoms with E-state index < -0.39 is 0 Å². The number of hydrogen-bond donors (Lipinski definition) is 1. The number of aryl methyl sites for hydroxylation is 1. The molecular formula is C16H27NOS. The zero-order chi connectivity index (χ0) is 13.6. The summed E-state index contributed by atoms with van der Waals surface area (Å²) in [5.41, 5.74) is 1.57. The van der Waals surface area contributed by atoms with Crippen LogP contribution in [0.2, 0.25) is 0 Å². The summed E-state index contributed by atoms with van der Waals surface area (Å²) in [6, 6.07) is 2.75. The lowest BCUT2D eigenvalue weighted by Gasteiger charge is -2.38. The summed E-state index contributed by atoms with van der Waals surface area (Å²) in [5.74, 6) is 0. The van der Waals surface area contributed by atoms with Gasteiger partial charge < -0.3 is 10.1 Å². The van der Waals surface area contributed by atoms with E-state index in [1.54, 1.807) is 11.3 Å². The van der Waals surface area contributed by atoms with Gasteiger partial charge in [-0.25, -0.2) is 0 Å². The van der Waals surface area contributed by atoms with Crippen molar-refractivity contribution >= 4 is 11.3 Å². The first-order valence-electron chi connectivity index (χ1n) is 7.69. The number of thiophene rings is 1. The molecule has 0 aliphatic heterocycles. The highest BCUT2D eigenvalue weighted by atomic mass is 32.1. The van der Waals surface area contributed by atoms with Gasteiger partial charge in [-0.3, -0.25) is 0 Å². The van der Waals surface area contributed by atoms with Crippen LogP contribution in [0.25, 0.3) is 0 Å². The molecule has 0 amide bonds. The molecule has 0 radical (unpaired) electrons. The summed E-state index contributed by atoms with van der Waals surface area (Å²) in [5, 5.41) is 8.13. The van der Waals surface area contributed by atoms with E-state index in [2.05, 4.69) is 36.0 Å². The molecule has 2 rings (SSSR count). The molecule has 1 aliphatic carbocycles. The Kier molecular flexibility index (Phi) is 5.86. The maximum Gasteiger partial charge on any atom is 0.0834 e. The first kappa shape index (κ1) is 15.0. The van der Waals surface area contributed by atoms with Crippen LogP contribution >= 0.6 is 11.3 Å². The number of hydrogen-bond acceptors (Lipinski definition) is 3. The fraction of sp³-hybridized carbons (Fsp3) is 0.750. The van der Waals surface area contributed by atoms with Crippen LogP contribution in [0.1, 0.15) is 51.5 Å². The van der Waals surface area contributed by atoms with E-state index in [9.17, 15) is 0 Å². The largest absolute Gasteiger partial charge is 0.374 e. The van der Waals surface area contributed by atoms with E-state index in [1.807, 2.05) is 0 Å². The molecule has 0 bridgehead atoms. The Morgan fingerprint density at radius 3 is 2.74 bits per heavy atom. The normalized spacial score (nSPS) is 19.7. The molecule has 1 fully saturated rings. The van der Waals surface area contributed by atoms with Crippen LogP contribution in [-0.4, -0.2) is 24.8 Å². The van der Waals surface area contributed by atoms with Crippen LogP contribution in [0.5, 0.6) is 0 Å². The molecule has 2 nitrogen and oxygen atoms in total. The molecular weight excluding hydrogens is 254 g/mol. The molecule has 0 spiro atoms. The van der Waals surface area contributed by atoms with Gasteiger partial charge in [0.2, 0.25) is 0 Å². The van der Waals surface area contributed by atoms with E-state index in [0.717, 1.165) is 19.6 Å². The number of rotatable bonds is 8. The van der Waals surface area contributed by atoms with Crippen molar-refractivity contribution in [3.8, 4) is 0 Å². The van der Waals surface area contributed by atoms with Crippen LogP contribution < -0.4 is 5.32 Å². The fourth-order valence-corrected chi connectivity index (χ4v) is 4.10. The second-order valence-corrected chi connectivity index (χ2v) is 6.27. The highest BCUT2D eigenvalue weighted by Gasteiger charge is 2.41. The quantitative estimate of drug-likeness (QED) is 0.777. The first-order valence-corrected chi connectivity index (χ1v) is 8.63. The zero-order valence-electron chi connectivity index (χ0n) is 12.3. The van der Waals surface area contributed by atoms with Gasteiger partial charge in [-0.2, -0.15) is 11.3 Å². The Balaban J connectivity index is 2.00. The van der Waals surface area contributed by atoms with Gasteiger partial charge in [0.1, 0.15) is 0 Å². The average Bonchev–Trinajstić information content (AvgIpc) is 3.06. The van der Waals surface area contributed by atoms with Crippen molar-refractivity contribution in [2.75, 3.05) is 13.2 Å². The Bertz CT molecular complexity index is 344. The van der Waals surface area contributed by atoms with Gasteiger partial charge in [0.15, 0.2) is 0 Å². The van der Waals surface area contributed by atoms with E-state index >= 15 is 0 Å². The van der Waals surface area contributed by atoms with Crippen LogP contribution in [-0.2, 0) is 11.2 Å². The smallest absolute Gasteiger partial charge is 0.0834 e. The molecule has 1 aromatic heterocycles. The Morgan fingerprint density at radius 1 is 1.37 bits per heavy atom. The summed E-state index contributed by atoms with van der Waals surface area (Å²) in [4.78, 5) is 0. The fourth-order valence-electron chi connectivity index (χ4n) is 3.40. The molecule has 1 aliphatic rings. The lowest BCUT2D eigenvalue weighted by molar-refractivity contribution is -0.0627. The molecule has 1 saturated carbocycles. The van der Waals surface area contributed by atoms with E-state index in [0.29, 0.717) is 6.04 Å². The summed E-state index contributed by atoms with van der Waals surface area (Å²) in [6.45, 7) is 6.19. The topological polar surface area (TPSA) is 21.3 Å². The van der Waals surface area contributed by atoms with Crippen LogP contribution in [0.4, 0.5) is 0 Å². The highest BCUT2D eigenvalue weighted by molar-refractivity contribution is 7.07. The highest BCUT2D eigenvalue weighted by Crippen LogP contribution is 2.37. The van der Waals surface area contributed by atoms with Crippen LogP contribution in [0.3, 0.4) is 0 Å². The van der Waals surface area contributed by atoms with Crippen molar-refractivity contribution in [1.82, 2.24) is 5.32 Å². The minimum atomic E-state index is 0.0980. The van der Waals surface area contributed by atoms with E-state index in [4.69, 9.17) is 4.74 Å². The molecule has 1 N–H and O–H groups in total. The molecule has 0 saturated heterocycles. The van der Waals surface area contributed by atoms with Crippen molar-refractivity contribution in [3.63, 3.8) is 0 Å². The summed E-state index contributed by atoms with van der Waals surface area (Å²) in [6.07, 6.45) is 7.44. The number of ether oxygens (including phenoxy) is 1. The lowest BCUT2D eigenvalue weighted by atomic mass is 9.87. The second kappa shape index (κ2) is 7.41. The Hall–Kier alpha value is -0.380. The van der Waals surface area contributed by atoms with E-state index in [1.165, 1.54) is 37.7 Å². The molecule has 19 heavy (non-hydrogen) atoms. The molecule has 1 heterocycles. The van der Waals surface area contributed by atoms with Gasteiger partial charge in [-0.05, 0) is 61.5 Å². The number of likely N-dealkylation sites (N-methyl/N-ethyl adjacent to an activating group) is 1. The molecule has 1 aromatic rings. The van der Waals surface area contributed by atoms with Crippen molar-refractivity contribution in [2.45, 2.75) is 64.0 Å². The Morgan fingerprint density at radius 2 is 2.16 bits per heavy atom. The molecule has 0 aromatic carbocycles. The van der Waals surface area contributed by atoms with Gasteiger partial charge in [-0.15, -0.1) is 0 Å². The third-order valence-electron chi connectivity index (χ3n) is 4.27. The molecule has 108 valence electrons. The minimum absolute atomic E-state index is 0.0980. The van der Waals surface area contributed by atoms with Gasteiger partial charge in [-0.1, -0.05) is 19.8 Å². The lowest BCUT2D eigenvalue weighted by Crippen LogP contribution is -2.51. The predicted octanol–water partition coefficient (Wildman–Crippen LogP) is 4.01. The summed E-state index contributed by atoms with van der Waals surface area (Å²) < 4.78 is 6.22. The maximum atomic E-state index is 6.22. The van der Waals surface area contributed by atoms with Gasteiger partial charge in [0.05, 0.1) is 5.60 Å². The van der Waals surface area contributed by atoms with E-state index in [-0.39, 0.29) is 5.60 Å². The maximum absolute atomic E-state index is 6.22. The SMILES string of the molecule is CCNC(CCc1ccsc1)C1(OCC)CCCC1. The van der Waals surface area contributed by atoms with Crippen molar-refractivity contribution in [1.29, 1.82) is 0 Å². The molecule has 1 atom stereocenters. The van der Waals surface area contributed by atoms with Gasteiger partial charge in [0, 0.05) is 12.6 Å². The van der Waals surface area contributed by atoms with Gasteiger partial charge in [0.25, 0.3) is 0 Å². The predicted molar refractivity (Wildman–Crippen MR) is 82.9 cm³/mol. The minimum Gasteiger partial charge on any atom is -0.374 e. The standard InChI is InChI=1S/C16H27NOS/c1-3-17-15(8-7-14-9-12-19-13-14)16(18-4-2)10-5-6-11-16/h9,12-13,15,17H,3-8,10-11H2,1-2H3. The summed E-state index contributed by atoms with van der Waals surface area (Å²) in [7, 11) is 0.